The maximum atomic E-state index is 13.0. The Hall–Kier alpha value is -2.63. The Bertz CT molecular complexity index is 662. The third-order valence-electron chi connectivity index (χ3n) is 2.88. The van der Waals surface area contributed by atoms with Crippen LogP contribution in [0.1, 0.15) is 10.4 Å². The standard InChI is InChI=1S/C16H15F2NO3/c1-21-12-4-2-3-11(9-12)16(20)19-7-8-22-13-5-6-14(17)15(18)10-13/h2-6,9-10H,7-8H2,1H3,(H,19,20). The summed E-state index contributed by atoms with van der Waals surface area (Å²) >= 11 is 0. The van der Waals surface area contributed by atoms with E-state index < -0.39 is 11.6 Å². The van der Waals surface area contributed by atoms with Crippen molar-refractivity contribution in [3.8, 4) is 11.5 Å². The molecule has 6 heteroatoms. The van der Waals surface area contributed by atoms with E-state index in [1.165, 1.54) is 13.2 Å². The lowest BCUT2D eigenvalue weighted by Crippen LogP contribution is -2.28. The average Bonchev–Trinajstić information content (AvgIpc) is 2.54. The van der Waals surface area contributed by atoms with Gasteiger partial charge in [0, 0.05) is 11.6 Å². The second-order valence-corrected chi connectivity index (χ2v) is 4.41. The first kappa shape index (κ1) is 15.8. The largest absolute Gasteiger partial charge is 0.497 e. The van der Waals surface area contributed by atoms with Crippen LogP contribution in [-0.4, -0.2) is 26.2 Å². The van der Waals surface area contributed by atoms with E-state index in [4.69, 9.17) is 9.47 Å². The summed E-state index contributed by atoms with van der Waals surface area (Å²) in [6.45, 7) is 0.371. The minimum absolute atomic E-state index is 0.140. The monoisotopic (exact) mass is 307 g/mol. The molecule has 0 fully saturated rings. The zero-order chi connectivity index (χ0) is 15.9. The number of carbonyl (C=O) groups excluding carboxylic acids is 1. The van der Waals surface area contributed by atoms with Crippen LogP contribution in [0.4, 0.5) is 8.78 Å². The molecule has 2 rings (SSSR count). The predicted octanol–water partition coefficient (Wildman–Crippen LogP) is 2.78. The molecule has 0 saturated carbocycles. The van der Waals surface area contributed by atoms with Gasteiger partial charge in [0.25, 0.3) is 5.91 Å². The normalized spacial score (nSPS) is 10.1. The highest BCUT2D eigenvalue weighted by Crippen LogP contribution is 2.15. The van der Waals surface area contributed by atoms with E-state index >= 15 is 0 Å². The van der Waals surface area contributed by atoms with E-state index in [2.05, 4.69) is 5.32 Å². The van der Waals surface area contributed by atoms with Crippen LogP contribution in [0.25, 0.3) is 0 Å². The molecule has 0 radical (unpaired) electrons. The second-order valence-electron chi connectivity index (χ2n) is 4.41. The molecule has 0 heterocycles. The smallest absolute Gasteiger partial charge is 0.251 e. The van der Waals surface area contributed by atoms with Crippen molar-refractivity contribution in [1.29, 1.82) is 0 Å². The number of rotatable bonds is 6. The number of carbonyl (C=O) groups is 1. The van der Waals surface area contributed by atoms with Crippen molar-refractivity contribution in [1.82, 2.24) is 5.32 Å². The summed E-state index contributed by atoms with van der Waals surface area (Å²) in [5, 5.41) is 2.66. The van der Waals surface area contributed by atoms with Crippen LogP contribution >= 0.6 is 0 Å². The maximum absolute atomic E-state index is 13.0. The van der Waals surface area contributed by atoms with Gasteiger partial charge in [-0.05, 0) is 30.3 Å². The number of methoxy groups -OCH3 is 1. The van der Waals surface area contributed by atoms with Gasteiger partial charge in [-0.2, -0.15) is 0 Å². The second kappa shape index (κ2) is 7.40. The van der Waals surface area contributed by atoms with Crippen molar-refractivity contribution in [3.05, 3.63) is 59.7 Å². The van der Waals surface area contributed by atoms with E-state index in [1.807, 2.05) is 0 Å². The van der Waals surface area contributed by atoms with Gasteiger partial charge in [-0.1, -0.05) is 6.07 Å². The van der Waals surface area contributed by atoms with Gasteiger partial charge in [0.1, 0.15) is 18.1 Å². The Labute approximate surface area is 126 Å². The van der Waals surface area contributed by atoms with E-state index in [-0.39, 0.29) is 24.8 Å². The van der Waals surface area contributed by atoms with Crippen LogP contribution in [0.5, 0.6) is 11.5 Å². The Balaban J connectivity index is 1.80. The average molecular weight is 307 g/mol. The highest BCUT2D eigenvalue weighted by molar-refractivity contribution is 5.94. The number of hydrogen-bond acceptors (Lipinski definition) is 3. The molecule has 0 aliphatic rings. The van der Waals surface area contributed by atoms with Crippen LogP contribution < -0.4 is 14.8 Å². The number of hydrogen-bond donors (Lipinski definition) is 1. The lowest BCUT2D eigenvalue weighted by atomic mass is 10.2. The molecule has 0 saturated heterocycles. The fraction of sp³-hybridized carbons (Fsp3) is 0.188. The zero-order valence-electron chi connectivity index (χ0n) is 11.9. The number of nitrogens with one attached hydrogen (secondary N) is 1. The Morgan fingerprint density at radius 3 is 2.64 bits per heavy atom. The van der Waals surface area contributed by atoms with Gasteiger partial charge in [-0.3, -0.25) is 4.79 Å². The van der Waals surface area contributed by atoms with Crippen molar-refractivity contribution in [2.24, 2.45) is 0 Å². The third-order valence-corrected chi connectivity index (χ3v) is 2.88. The summed E-state index contributed by atoms with van der Waals surface area (Å²) in [5.74, 6) is -1.38. The van der Waals surface area contributed by atoms with Gasteiger partial charge in [-0.25, -0.2) is 8.78 Å². The van der Waals surface area contributed by atoms with Crippen molar-refractivity contribution in [3.63, 3.8) is 0 Å². The highest BCUT2D eigenvalue weighted by Gasteiger charge is 2.06. The molecular weight excluding hydrogens is 292 g/mol. The highest BCUT2D eigenvalue weighted by atomic mass is 19.2. The van der Waals surface area contributed by atoms with Crippen LogP contribution in [0.2, 0.25) is 0 Å². The van der Waals surface area contributed by atoms with Crippen molar-refractivity contribution >= 4 is 5.91 Å². The summed E-state index contributed by atoms with van der Waals surface area (Å²) in [5.41, 5.74) is 0.465. The van der Waals surface area contributed by atoms with Crippen molar-refractivity contribution in [2.75, 3.05) is 20.3 Å². The molecule has 116 valence electrons. The molecule has 0 aliphatic heterocycles. The molecule has 4 nitrogen and oxygen atoms in total. The van der Waals surface area contributed by atoms with Crippen molar-refractivity contribution in [2.45, 2.75) is 0 Å². The molecule has 1 amide bonds. The Kier molecular flexibility index (Phi) is 5.30. The first-order chi connectivity index (χ1) is 10.6. The maximum Gasteiger partial charge on any atom is 0.251 e. The minimum atomic E-state index is -0.974. The van der Waals surface area contributed by atoms with Crippen LogP contribution in [0.15, 0.2) is 42.5 Å². The van der Waals surface area contributed by atoms with Crippen molar-refractivity contribution < 1.29 is 23.0 Å². The van der Waals surface area contributed by atoms with E-state index in [9.17, 15) is 13.6 Å². The van der Waals surface area contributed by atoms with Gasteiger partial charge < -0.3 is 14.8 Å². The number of halogens is 2. The fourth-order valence-electron chi connectivity index (χ4n) is 1.77. The molecule has 0 bridgehead atoms. The molecular formula is C16H15F2NO3. The third kappa shape index (κ3) is 4.18. The molecule has 0 atom stereocenters. The van der Waals surface area contributed by atoms with Gasteiger partial charge >= 0.3 is 0 Å². The molecule has 0 aliphatic carbocycles. The lowest BCUT2D eigenvalue weighted by Gasteiger charge is -2.08. The zero-order valence-corrected chi connectivity index (χ0v) is 11.9. The first-order valence-electron chi connectivity index (χ1n) is 6.60. The van der Waals surface area contributed by atoms with E-state index in [1.54, 1.807) is 24.3 Å². The molecule has 1 N–H and O–H groups in total. The molecule has 22 heavy (non-hydrogen) atoms. The minimum Gasteiger partial charge on any atom is -0.497 e. The summed E-state index contributed by atoms with van der Waals surface area (Å²) in [4.78, 5) is 11.9. The summed E-state index contributed by atoms with van der Waals surface area (Å²) in [7, 11) is 1.52. The van der Waals surface area contributed by atoms with E-state index in [0.717, 1.165) is 12.1 Å². The summed E-state index contributed by atoms with van der Waals surface area (Å²) in [6.07, 6.45) is 0. The van der Waals surface area contributed by atoms with Gasteiger partial charge in [0.05, 0.1) is 13.7 Å². The quantitative estimate of drug-likeness (QED) is 0.835. The lowest BCUT2D eigenvalue weighted by molar-refractivity contribution is 0.0946. The molecule has 0 unspecified atom stereocenters. The predicted molar refractivity (Wildman–Crippen MR) is 77.2 cm³/mol. The van der Waals surface area contributed by atoms with Gasteiger partial charge in [0.15, 0.2) is 11.6 Å². The summed E-state index contributed by atoms with van der Waals surface area (Å²) in [6, 6.07) is 10.00. The van der Waals surface area contributed by atoms with Crippen LogP contribution in [0.3, 0.4) is 0 Å². The fourth-order valence-corrected chi connectivity index (χ4v) is 1.77. The number of ether oxygens (including phenoxy) is 2. The molecule has 2 aromatic carbocycles. The first-order valence-corrected chi connectivity index (χ1v) is 6.60. The topological polar surface area (TPSA) is 47.6 Å². The molecule has 0 aromatic heterocycles. The molecule has 0 spiro atoms. The van der Waals surface area contributed by atoms with Gasteiger partial charge in [-0.15, -0.1) is 0 Å². The molecule has 2 aromatic rings. The number of benzene rings is 2. The summed E-state index contributed by atoms with van der Waals surface area (Å²) < 4.78 is 36.0. The van der Waals surface area contributed by atoms with Gasteiger partial charge in [0.2, 0.25) is 0 Å². The number of amides is 1. The Morgan fingerprint density at radius 2 is 1.91 bits per heavy atom. The van der Waals surface area contributed by atoms with E-state index in [0.29, 0.717) is 11.3 Å². The van der Waals surface area contributed by atoms with Crippen LogP contribution in [0, 0.1) is 11.6 Å². The SMILES string of the molecule is COc1cccc(C(=O)NCCOc2ccc(F)c(F)c2)c1. The van der Waals surface area contributed by atoms with Crippen LogP contribution in [-0.2, 0) is 0 Å². The Morgan fingerprint density at radius 1 is 1.09 bits per heavy atom.